The first-order chi connectivity index (χ1) is 12.6. The smallest absolute Gasteiger partial charge is 0.224 e. The Kier molecular flexibility index (Phi) is 6.42. The van der Waals surface area contributed by atoms with Gasteiger partial charge in [0.05, 0.1) is 0 Å². The van der Waals surface area contributed by atoms with Gasteiger partial charge in [0.15, 0.2) is 0 Å². The predicted octanol–water partition coefficient (Wildman–Crippen LogP) is 3.20. The first-order valence-corrected chi connectivity index (χ1v) is 9.50. The largest absolute Gasteiger partial charge is 0.341 e. The Hall–Kier alpha value is -2.17. The van der Waals surface area contributed by atoms with Crippen LogP contribution in [0, 0.1) is 0 Å². The van der Waals surface area contributed by atoms with Crippen LogP contribution >= 0.6 is 0 Å². The third-order valence-corrected chi connectivity index (χ3v) is 5.30. The van der Waals surface area contributed by atoms with Gasteiger partial charge < -0.3 is 10.6 Å². The molecule has 26 heavy (non-hydrogen) atoms. The van der Waals surface area contributed by atoms with Crippen LogP contribution in [0.15, 0.2) is 60.7 Å². The van der Waals surface area contributed by atoms with Gasteiger partial charge >= 0.3 is 0 Å². The highest BCUT2D eigenvalue weighted by atomic mass is 16.2. The lowest BCUT2D eigenvalue weighted by atomic mass is 10.0. The maximum absolute atomic E-state index is 12.7. The van der Waals surface area contributed by atoms with E-state index in [-0.39, 0.29) is 11.9 Å². The van der Waals surface area contributed by atoms with Gasteiger partial charge in [0.1, 0.15) is 0 Å². The molecule has 0 aromatic heterocycles. The lowest BCUT2D eigenvalue weighted by Gasteiger charge is -2.26. The number of carbonyl (C=O) groups is 1. The number of amides is 1. The van der Waals surface area contributed by atoms with Gasteiger partial charge in [-0.1, -0.05) is 60.7 Å². The van der Waals surface area contributed by atoms with Crippen molar-refractivity contribution in [3.63, 3.8) is 0 Å². The molecule has 1 saturated heterocycles. The van der Waals surface area contributed by atoms with E-state index in [2.05, 4.69) is 36.1 Å². The van der Waals surface area contributed by atoms with Crippen molar-refractivity contribution in [3.05, 3.63) is 71.8 Å². The molecule has 1 aliphatic heterocycles. The molecule has 0 bridgehead atoms. The highest BCUT2D eigenvalue weighted by molar-refractivity contribution is 5.77. The fraction of sp³-hybridized carbons (Fsp3) is 0.409. The fourth-order valence-electron chi connectivity index (χ4n) is 3.54. The summed E-state index contributed by atoms with van der Waals surface area (Å²) in [5.41, 5.74) is 8.59. The van der Waals surface area contributed by atoms with Crippen molar-refractivity contribution in [2.45, 2.75) is 38.4 Å². The van der Waals surface area contributed by atoms with Gasteiger partial charge in [-0.25, -0.2) is 0 Å². The highest BCUT2D eigenvalue weighted by Crippen LogP contribution is 2.18. The second kappa shape index (κ2) is 8.97. The Balaban J connectivity index is 1.56. The Morgan fingerprint density at radius 2 is 1.69 bits per heavy atom. The zero-order valence-electron chi connectivity index (χ0n) is 15.6. The van der Waals surface area contributed by atoms with Gasteiger partial charge in [-0.05, 0) is 24.5 Å². The average molecular weight is 351 g/mol. The van der Waals surface area contributed by atoms with Gasteiger partial charge in [0, 0.05) is 44.7 Å². The van der Waals surface area contributed by atoms with Gasteiger partial charge in [-0.2, -0.15) is 0 Å². The molecule has 2 aromatic carbocycles. The van der Waals surface area contributed by atoms with Crippen LogP contribution in [-0.2, 0) is 11.3 Å². The van der Waals surface area contributed by atoms with Crippen molar-refractivity contribution < 1.29 is 4.79 Å². The van der Waals surface area contributed by atoms with E-state index in [1.807, 2.05) is 41.3 Å². The van der Waals surface area contributed by atoms with Gasteiger partial charge in [0.2, 0.25) is 5.91 Å². The van der Waals surface area contributed by atoms with Crippen LogP contribution in [0.3, 0.4) is 0 Å². The second-order valence-corrected chi connectivity index (χ2v) is 7.20. The quantitative estimate of drug-likeness (QED) is 0.900. The summed E-state index contributed by atoms with van der Waals surface area (Å²) in [7, 11) is 0. The molecule has 0 aliphatic carbocycles. The van der Waals surface area contributed by atoms with Crippen LogP contribution in [0.1, 0.15) is 36.9 Å². The molecule has 3 rings (SSSR count). The normalized spacial score (nSPS) is 19.8. The van der Waals surface area contributed by atoms with Gasteiger partial charge in [0.25, 0.3) is 0 Å². The zero-order valence-corrected chi connectivity index (χ0v) is 15.6. The number of rotatable bonds is 5. The molecule has 2 atom stereocenters. The maximum atomic E-state index is 12.7. The summed E-state index contributed by atoms with van der Waals surface area (Å²) in [6, 6.07) is 20.7. The zero-order chi connectivity index (χ0) is 18.4. The van der Waals surface area contributed by atoms with E-state index in [1.54, 1.807) is 0 Å². The molecule has 1 aliphatic rings. The molecule has 1 heterocycles. The van der Waals surface area contributed by atoms with E-state index in [0.717, 1.165) is 38.2 Å². The first-order valence-electron chi connectivity index (χ1n) is 9.50. The maximum Gasteiger partial charge on any atom is 0.224 e. The van der Waals surface area contributed by atoms with E-state index in [4.69, 9.17) is 5.73 Å². The lowest BCUT2D eigenvalue weighted by Crippen LogP contribution is -2.37. The summed E-state index contributed by atoms with van der Waals surface area (Å²) in [5.74, 6) is 0.162. The minimum absolute atomic E-state index is 0.162. The molecule has 0 spiro atoms. The summed E-state index contributed by atoms with van der Waals surface area (Å²) >= 11 is 0. The van der Waals surface area contributed by atoms with Crippen molar-refractivity contribution in [1.29, 1.82) is 0 Å². The average Bonchev–Trinajstić information content (AvgIpc) is 2.85. The molecular weight excluding hydrogens is 322 g/mol. The summed E-state index contributed by atoms with van der Waals surface area (Å²) in [6.45, 7) is 5.69. The number of hydrogen-bond donors (Lipinski definition) is 1. The molecular formula is C22H29N3O. The van der Waals surface area contributed by atoms with Crippen LogP contribution < -0.4 is 5.73 Å². The first kappa shape index (κ1) is 18.6. The number of benzene rings is 2. The van der Waals surface area contributed by atoms with Gasteiger partial charge in [-0.15, -0.1) is 0 Å². The summed E-state index contributed by atoms with van der Waals surface area (Å²) in [6.07, 6.45) is 1.37. The van der Waals surface area contributed by atoms with Crippen molar-refractivity contribution in [2.24, 2.45) is 5.73 Å². The van der Waals surface area contributed by atoms with Crippen molar-refractivity contribution >= 4 is 5.91 Å². The van der Waals surface area contributed by atoms with Crippen LogP contribution in [0.25, 0.3) is 0 Å². The van der Waals surface area contributed by atoms with E-state index in [1.165, 1.54) is 5.56 Å². The Morgan fingerprint density at radius 1 is 1.04 bits per heavy atom. The highest BCUT2D eigenvalue weighted by Gasteiger charge is 2.24. The minimum atomic E-state index is -0.232. The SMILES string of the molecule is CC1CCN(C(=O)CC(N)c2ccccc2)CCN1Cc1ccccc1. The van der Waals surface area contributed by atoms with Crippen LogP contribution in [0.5, 0.6) is 0 Å². The van der Waals surface area contributed by atoms with E-state index in [9.17, 15) is 4.79 Å². The van der Waals surface area contributed by atoms with Gasteiger partial charge in [-0.3, -0.25) is 9.69 Å². The summed E-state index contributed by atoms with van der Waals surface area (Å²) < 4.78 is 0. The third kappa shape index (κ3) is 4.93. The molecule has 2 unspecified atom stereocenters. The molecule has 0 saturated carbocycles. The molecule has 4 nitrogen and oxygen atoms in total. The van der Waals surface area contributed by atoms with Crippen molar-refractivity contribution in [3.8, 4) is 0 Å². The summed E-state index contributed by atoms with van der Waals surface area (Å²) in [5, 5.41) is 0. The molecule has 1 amide bonds. The van der Waals surface area contributed by atoms with E-state index >= 15 is 0 Å². The summed E-state index contributed by atoms with van der Waals surface area (Å²) in [4.78, 5) is 17.2. The lowest BCUT2D eigenvalue weighted by molar-refractivity contribution is -0.131. The monoisotopic (exact) mass is 351 g/mol. The second-order valence-electron chi connectivity index (χ2n) is 7.20. The Labute approximate surface area is 156 Å². The van der Waals surface area contributed by atoms with Crippen LogP contribution in [-0.4, -0.2) is 41.4 Å². The Bertz CT molecular complexity index is 689. The number of carbonyl (C=O) groups excluding carboxylic acids is 1. The molecule has 138 valence electrons. The Morgan fingerprint density at radius 3 is 2.38 bits per heavy atom. The number of hydrogen-bond acceptors (Lipinski definition) is 3. The molecule has 1 fully saturated rings. The minimum Gasteiger partial charge on any atom is -0.341 e. The predicted molar refractivity (Wildman–Crippen MR) is 105 cm³/mol. The number of nitrogens with zero attached hydrogens (tertiary/aromatic N) is 2. The van der Waals surface area contributed by atoms with E-state index < -0.39 is 0 Å². The molecule has 2 aromatic rings. The number of nitrogens with two attached hydrogens (primary N) is 1. The molecule has 0 radical (unpaired) electrons. The molecule has 2 N–H and O–H groups in total. The van der Waals surface area contributed by atoms with Crippen LogP contribution in [0.2, 0.25) is 0 Å². The topological polar surface area (TPSA) is 49.6 Å². The third-order valence-electron chi connectivity index (χ3n) is 5.30. The van der Waals surface area contributed by atoms with E-state index in [0.29, 0.717) is 12.5 Å². The fourth-order valence-corrected chi connectivity index (χ4v) is 3.54. The van der Waals surface area contributed by atoms with Crippen LogP contribution in [0.4, 0.5) is 0 Å². The van der Waals surface area contributed by atoms with Crippen molar-refractivity contribution in [2.75, 3.05) is 19.6 Å². The standard InChI is InChI=1S/C22H29N3O/c1-18-12-13-24(14-15-25(18)17-19-8-4-2-5-9-19)22(26)16-21(23)20-10-6-3-7-11-20/h2-11,18,21H,12-17,23H2,1H3. The molecule has 4 heteroatoms. The van der Waals surface area contributed by atoms with Crippen molar-refractivity contribution in [1.82, 2.24) is 9.80 Å².